The topological polar surface area (TPSA) is 0 Å². The molecule has 0 saturated heterocycles. The molecule has 0 heterocycles. The minimum absolute atomic E-state index is 0.152. The summed E-state index contributed by atoms with van der Waals surface area (Å²) in [5.74, 6) is 0. The molecule has 0 amide bonds. The van der Waals surface area contributed by atoms with Gasteiger partial charge in [-0.2, -0.15) is 0 Å². The number of fused-ring (bicyclic) bond motifs is 4. The standard InChI is InChI=1S/C19H15/c1-19(2)10-9-16-14(12-19)11-18-15-6-4-3-5-13(15)7-8-17(16)18/h3,5-12H,1-2H3. The molecule has 2 aromatic carbocycles. The summed E-state index contributed by atoms with van der Waals surface area (Å²) in [5.41, 5.74) is 2.87. The van der Waals surface area contributed by atoms with Crippen LogP contribution in [0, 0.1) is 11.5 Å². The molecule has 0 N–H and O–H groups in total. The van der Waals surface area contributed by atoms with Crippen molar-refractivity contribution in [2.24, 2.45) is 5.41 Å². The van der Waals surface area contributed by atoms with Crippen LogP contribution in [0.15, 0.2) is 54.1 Å². The first-order valence-electron chi connectivity index (χ1n) is 6.71. The SMILES string of the molecule is CC1(C)C=CC2=c3ccc4cc[c]cc4c3=CC2=C1. The maximum atomic E-state index is 3.20. The molecule has 19 heavy (non-hydrogen) atoms. The van der Waals surface area contributed by atoms with E-state index < -0.39 is 0 Å². The number of hydrogen-bond acceptors (Lipinski definition) is 0. The quantitative estimate of drug-likeness (QED) is 0.667. The highest BCUT2D eigenvalue weighted by Gasteiger charge is 2.20. The zero-order valence-corrected chi connectivity index (χ0v) is 11.2. The van der Waals surface area contributed by atoms with Crippen LogP contribution < -0.4 is 10.4 Å². The molecule has 2 aliphatic rings. The van der Waals surface area contributed by atoms with E-state index in [-0.39, 0.29) is 5.41 Å². The Morgan fingerprint density at radius 2 is 2.00 bits per heavy atom. The van der Waals surface area contributed by atoms with Crippen molar-refractivity contribution in [1.82, 2.24) is 0 Å². The molecule has 0 aliphatic heterocycles. The van der Waals surface area contributed by atoms with Crippen molar-refractivity contribution in [3.05, 3.63) is 70.6 Å². The van der Waals surface area contributed by atoms with Crippen LogP contribution >= 0.6 is 0 Å². The summed E-state index contributed by atoms with van der Waals surface area (Å²) < 4.78 is 0. The lowest BCUT2D eigenvalue weighted by molar-refractivity contribution is 0.621. The van der Waals surface area contributed by atoms with Gasteiger partial charge in [0.15, 0.2) is 0 Å². The second-order valence-electron chi connectivity index (χ2n) is 5.99. The molecule has 0 heteroatoms. The largest absolute Gasteiger partial charge is 0.0744 e. The molecule has 0 atom stereocenters. The summed E-state index contributed by atoms with van der Waals surface area (Å²) in [7, 11) is 0. The van der Waals surface area contributed by atoms with Gasteiger partial charge in [0.25, 0.3) is 0 Å². The lowest BCUT2D eigenvalue weighted by Crippen LogP contribution is -2.23. The van der Waals surface area contributed by atoms with Gasteiger partial charge in [0.2, 0.25) is 0 Å². The number of hydrogen-bond donors (Lipinski definition) is 0. The van der Waals surface area contributed by atoms with Crippen molar-refractivity contribution in [2.45, 2.75) is 13.8 Å². The molecule has 91 valence electrons. The Bertz CT molecular complexity index is 874. The first kappa shape index (κ1) is 10.8. The minimum atomic E-state index is 0.152. The van der Waals surface area contributed by atoms with Gasteiger partial charge in [-0.1, -0.05) is 56.3 Å². The number of allylic oxidation sites excluding steroid dienone is 4. The smallest absolute Gasteiger partial charge is 0.00169 e. The van der Waals surface area contributed by atoms with Crippen molar-refractivity contribution in [1.29, 1.82) is 0 Å². The molecule has 2 aromatic rings. The van der Waals surface area contributed by atoms with Crippen molar-refractivity contribution in [3.63, 3.8) is 0 Å². The van der Waals surface area contributed by atoms with Gasteiger partial charge in [-0.3, -0.25) is 0 Å². The monoisotopic (exact) mass is 243 g/mol. The first-order valence-corrected chi connectivity index (χ1v) is 6.71. The van der Waals surface area contributed by atoms with Crippen LogP contribution in [0.3, 0.4) is 0 Å². The fourth-order valence-corrected chi connectivity index (χ4v) is 3.06. The maximum Gasteiger partial charge on any atom is 0.00169 e. The normalized spacial score (nSPS) is 18.8. The summed E-state index contributed by atoms with van der Waals surface area (Å²) in [5, 5.41) is 5.29. The van der Waals surface area contributed by atoms with E-state index in [1.807, 2.05) is 6.07 Å². The van der Waals surface area contributed by atoms with Gasteiger partial charge >= 0.3 is 0 Å². The van der Waals surface area contributed by atoms with E-state index in [2.05, 4.69) is 68.5 Å². The molecule has 0 unspecified atom stereocenters. The van der Waals surface area contributed by atoms with Gasteiger partial charge in [0.1, 0.15) is 0 Å². The predicted octanol–water partition coefficient (Wildman–Crippen LogP) is 3.11. The average molecular weight is 243 g/mol. The Morgan fingerprint density at radius 3 is 2.89 bits per heavy atom. The van der Waals surface area contributed by atoms with Gasteiger partial charge in [-0.05, 0) is 50.6 Å². The molecule has 0 spiro atoms. The zero-order valence-electron chi connectivity index (χ0n) is 11.2. The highest BCUT2D eigenvalue weighted by molar-refractivity contribution is 5.94. The molecule has 4 rings (SSSR count). The molecule has 0 nitrogen and oxygen atoms in total. The Kier molecular flexibility index (Phi) is 1.98. The fraction of sp³-hybridized carbons (Fsp3) is 0.158. The van der Waals surface area contributed by atoms with Crippen molar-refractivity contribution in [3.8, 4) is 0 Å². The summed E-state index contributed by atoms with van der Waals surface area (Å²) in [6, 6.07) is 13.8. The Balaban J connectivity index is 2.17. The van der Waals surface area contributed by atoms with Crippen LogP contribution in [0.4, 0.5) is 0 Å². The van der Waals surface area contributed by atoms with E-state index in [0.717, 1.165) is 0 Å². The summed E-state index contributed by atoms with van der Waals surface area (Å²) in [4.78, 5) is 0. The lowest BCUT2D eigenvalue weighted by Gasteiger charge is -2.21. The van der Waals surface area contributed by atoms with E-state index in [1.54, 1.807) is 0 Å². The second kappa shape index (κ2) is 3.48. The molecular formula is C19H15. The second-order valence-corrected chi connectivity index (χ2v) is 5.99. The van der Waals surface area contributed by atoms with E-state index >= 15 is 0 Å². The van der Waals surface area contributed by atoms with Crippen molar-refractivity contribution >= 4 is 22.4 Å². The molecule has 0 saturated carbocycles. The van der Waals surface area contributed by atoms with Gasteiger partial charge in [-0.15, -0.1) is 0 Å². The third-order valence-electron chi connectivity index (χ3n) is 4.02. The van der Waals surface area contributed by atoms with Gasteiger partial charge in [-0.25, -0.2) is 0 Å². The summed E-state index contributed by atoms with van der Waals surface area (Å²) in [6.45, 7) is 4.49. The van der Waals surface area contributed by atoms with Crippen LogP contribution in [0.25, 0.3) is 22.4 Å². The molecule has 1 radical (unpaired) electrons. The Labute approximate surface area is 113 Å². The van der Waals surface area contributed by atoms with Gasteiger partial charge in [0, 0.05) is 5.41 Å². The maximum absolute atomic E-state index is 3.20. The molecule has 0 bridgehead atoms. The third-order valence-corrected chi connectivity index (χ3v) is 4.02. The summed E-state index contributed by atoms with van der Waals surface area (Å²) >= 11 is 0. The van der Waals surface area contributed by atoms with Crippen LogP contribution in [0.2, 0.25) is 0 Å². The Morgan fingerprint density at radius 1 is 1.11 bits per heavy atom. The van der Waals surface area contributed by atoms with Crippen LogP contribution in [0.5, 0.6) is 0 Å². The van der Waals surface area contributed by atoms with Crippen LogP contribution in [0.1, 0.15) is 13.8 Å². The highest BCUT2D eigenvalue weighted by atomic mass is 14.2. The van der Waals surface area contributed by atoms with E-state index in [9.17, 15) is 0 Å². The highest BCUT2D eigenvalue weighted by Crippen LogP contribution is 2.32. The fourth-order valence-electron chi connectivity index (χ4n) is 3.06. The Hall–Kier alpha value is -2.08. The van der Waals surface area contributed by atoms with Crippen molar-refractivity contribution < 1.29 is 0 Å². The predicted molar refractivity (Wildman–Crippen MR) is 80.9 cm³/mol. The zero-order chi connectivity index (χ0) is 13.0. The summed E-state index contributed by atoms with van der Waals surface area (Å²) in [6.07, 6.45) is 9.25. The van der Waals surface area contributed by atoms with Crippen molar-refractivity contribution in [2.75, 3.05) is 0 Å². The molecule has 0 aromatic heterocycles. The molecular weight excluding hydrogens is 228 g/mol. The van der Waals surface area contributed by atoms with Gasteiger partial charge in [0.05, 0.1) is 0 Å². The number of benzene rings is 2. The van der Waals surface area contributed by atoms with Crippen LogP contribution in [-0.2, 0) is 0 Å². The van der Waals surface area contributed by atoms with E-state index in [1.165, 1.54) is 32.4 Å². The minimum Gasteiger partial charge on any atom is -0.0744 e. The van der Waals surface area contributed by atoms with E-state index in [0.29, 0.717) is 0 Å². The lowest BCUT2D eigenvalue weighted by atomic mass is 9.84. The number of rotatable bonds is 0. The van der Waals surface area contributed by atoms with E-state index in [4.69, 9.17) is 0 Å². The average Bonchev–Trinajstić information content (AvgIpc) is 2.75. The van der Waals surface area contributed by atoms with Crippen LogP contribution in [-0.4, -0.2) is 0 Å². The van der Waals surface area contributed by atoms with Gasteiger partial charge < -0.3 is 0 Å². The third kappa shape index (κ3) is 1.53. The first-order chi connectivity index (χ1) is 9.14. The molecule has 0 fully saturated rings. The molecule has 2 aliphatic carbocycles.